The Hall–Kier alpha value is -7.69. The maximum Gasteiger partial charge on any atom is 0.116 e. The van der Waals surface area contributed by atoms with Gasteiger partial charge in [0, 0.05) is 18.0 Å². The molecule has 57 heavy (non-hydrogen) atoms. The molecule has 0 atom stereocenters. The number of nitrogens with zero attached hydrogens (tertiary/aromatic N) is 2. The van der Waals surface area contributed by atoms with E-state index in [9.17, 15) is 5.41 Å². The highest BCUT2D eigenvalue weighted by Crippen LogP contribution is 2.37. The number of hydrogen-bond donors (Lipinski definition) is 2. The third kappa shape index (κ3) is 7.79. The lowest BCUT2D eigenvalue weighted by atomic mass is 9.84. The van der Waals surface area contributed by atoms with Crippen molar-refractivity contribution in [2.45, 2.75) is 0 Å². The SMILES string of the molecule is N=C1C=C(c2cc(-c3ccccc3)cc(-c3ccccc3)c2)C=C(c2cc(-c3ccccc3)cc(-c3ccccc3)c2)/C1=N/Nc1ccc(-c2ccncc2)cc1. The number of hydrazone groups is 1. The van der Waals surface area contributed by atoms with Crippen LogP contribution in [0.25, 0.3) is 66.8 Å². The van der Waals surface area contributed by atoms with Crippen LogP contribution in [-0.4, -0.2) is 16.4 Å². The van der Waals surface area contributed by atoms with Gasteiger partial charge in [-0.1, -0.05) is 133 Å². The average molecular weight is 731 g/mol. The molecule has 7 aromatic carbocycles. The molecule has 1 aliphatic carbocycles. The van der Waals surface area contributed by atoms with E-state index in [-0.39, 0.29) is 0 Å². The second-order valence-corrected chi connectivity index (χ2v) is 14.0. The first-order valence-electron chi connectivity index (χ1n) is 19.0. The van der Waals surface area contributed by atoms with Gasteiger partial charge in [0.25, 0.3) is 0 Å². The summed E-state index contributed by atoms with van der Waals surface area (Å²) in [6.45, 7) is 0. The molecule has 0 fully saturated rings. The summed E-state index contributed by atoms with van der Waals surface area (Å²) >= 11 is 0. The summed E-state index contributed by atoms with van der Waals surface area (Å²) in [6, 6.07) is 67.5. The lowest BCUT2D eigenvalue weighted by Crippen LogP contribution is -2.19. The van der Waals surface area contributed by atoms with Gasteiger partial charge in [-0.25, -0.2) is 0 Å². The van der Waals surface area contributed by atoms with Gasteiger partial charge in [0.05, 0.1) is 11.4 Å². The highest BCUT2D eigenvalue weighted by Gasteiger charge is 2.23. The molecule has 0 saturated carbocycles. The van der Waals surface area contributed by atoms with Crippen molar-refractivity contribution in [2.24, 2.45) is 5.10 Å². The molecule has 0 amide bonds. The largest absolute Gasteiger partial charge is 0.299 e. The number of rotatable bonds is 9. The number of allylic oxidation sites excluding steroid dienone is 4. The van der Waals surface area contributed by atoms with Gasteiger partial charge in [-0.3, -0.25) is 15.8 Å². The van der Waals surface area contributed by atoms with Gasteiger partial charge < -0.3 is 0 Å². The molecule has 1 aliphatic rings. The third-order valence-electron chi connectivity index (χ3n) is 10.2. The van der Waals surface area contributed by atoms with Gasteiger partial charge in [0.1, 0.15) is 5.71 Å². The lowest BCUT2D eigenvalue weighted by Gasteiger charge is -2.21. The van der Waals surface area contributed by atoms with E-state index >= 15 is 0 Å². The highest BCUT2D eigenvalue weighted by molar-refractivity contribution is 6.62. The molecule has 0 unspecified atom stereocenters. The quantitative estimate of drug-likeness (QED) is 0.115. The minimum absolute atomic E-state index is 0.321. The van der Waals surface area contributed by atoms with E-state index in [4.69, 9.17) is 5.10 Å². The van der Waals surface area contributed by atoms with Crippen molar-refractivity contribution in [3.63, 3.8) is 0 Å². The third-order valence-corrected chi connectivity index (χ3v) is 10.2. The fraction of sp³-hybridized carbons (Fsp3) is 0. The molecular weight excluding hydrogens is 693 g/mol. The fourth-order valence-electron chi connectivity index (χ4n) is 7.31. The minimum atomic E-state index is 0.321. The molecule has 9 rings (SSSR count). The van der Waals surface area contributed by atoms with E-state index in [0.29, 0.717) is 11.4 Å². The molecular formula is C53H38N4. The van der Waals surface area contributed by atoms with Gasteiger partial charge in [-0.05, 0) is 145 Å². The Morgan fingerprint density at radius 1 is 0.368 bits per heavy atom. The normalized spacial score (nSPS) is 13.2. The lowest BCUT2D eigenvalue weighted by molar-refractivity contribution is 1.32. The van der Waals surface area contributed by atoms with Crippen molar-refractivity contribution in [3.05, 3.63) is 230 Å². The van der Waals surface area contributed by atoms with E-state index in [1.54, 1.807) is 12.4 Å². The van der Waals surface area contributed by atoms with Crippen LogP contribution in [0, 0.1) is 5.41 Å². The molecule has 0 spiro atoms. The van der Waals surface area contributed by atoms with Gasteiger partial charge in [0.2, 0.25) is 0 Å². The number of aromatic nitrogens is 1. The number of pyridine rings is 1. The summed E-state index contributed by atoms with van der Waals surface area (Å²) < 4.78 is 0. The number of hydrogen-bond acceptors (Lipinski definition) is 4. The Kier molecular flexibility index (Phi) is 9.81. The zero-order chi connectivity index (χ0) is 38.4. The summed E-state index contributed by atoms with van der Waals surface area (Å²) in [6.07, 6.45) is 7.74. The van der Waals surface area contributed by atoms with E-state index in [1.807, 2.05) is 54.6 Å². The first kappa shape index (κ1) is 35.0. The summed E-state index contributed by atoms with van der Waals surface area (Å²) in [4.78, 5) is 4.15. The molecule has 0 bridgehead atoms. The Bertz CT molecular complexity index is 2660. The van der Waals surface area contributed by atoms with E-state index in [2.05, 4.69) is 162 Å². The van der Waals surface area contributed by atoms with Crippen molar-refractivity contribution in [1.82, 2.24) is 4.98 Å². The molecule has 270 valence electrons. The Morgan fingerprint density at radius 3 is 1.21 bits per heavy atom. The van der Waals surface area contributed by atoms with Crippen LogP contribution in [0.15, 0.2) is 224 Å². The van der Waals surface area contributed by atoms with E-state index in [0.717, 1.165) is 83.6 Å². The molecule has 0 radical (unpaired) electrons. The first-order chi connectivity index (χ1) is 28.1. The second kappa shape index (κ2) is 16.0. The van der Waals surface area contributed by atoms with Gasteiger partial charge in [-0.2, -0.15) is 5.10 Å². The predicted octanol–water partition coefficient (Wildman–Crippen LogP) is 13.4. The summed E-state index contributed by atoms with van der Waals surface area (Å²) in [5.74, 6) is 0. The molecule has 0 saturated heterocycles. The molecule has 2 N–H and O–H groups in total. The fourth-order valence-corrected chi connectivity index (χ4v) is 7.31. The number of nitrogens with one attached hydrogen (secondary N) is 2. The summed E-state index contributed by atoms with van der Waals surface area (Å²) in [5, 5.41) is 14.6. The monoisotopic (exact) mass is 730 g/mol. The molecule has 4 nitrogen and oxygen atoms in total. The zero-order valence-corrected chi connectivity index (χ0v) is 31.2. The minimum Gasteiger partial charge on any atom is -0.299 e. The highest BCUT2D eigenvalue weighted by atomic mass is 15.3. The van der Waals surface area contributed by atoms with E-state index < -0.39 is 0 Å². The van der Waals surface area contributed by atoms with Crippen molar-refractivity contribution in [3.8, 4) is 55.6 Å². The van der Waals surface area contributed by atoms with Crippen LogP contribution in [0.4, 0.5) is 5.69 Å². The van der Waals surface area contributed by atoms with Crippen molar-refractivity contribution < 1.29 is 0 Å². The number of benzene rings is 7. The second-order valence-electron chi connectivity index (χ2n) is 14.0. The predicted molar refractivity (Wildman–Crippen MR) is 239 cm³/mol. The van der Waals surface area contributed by atoms with Crippen LogP contribution in [0.1, 0.15) is 11.1 Å². The number of anilines is 1. The van der Waals surface area contributed by atoms with E-state index in [1.165, 1.54) is 0 Å². The van der Waals surface area contributed by atoms with Crippen LogP contribution in [0.2, 0.25) is 0 Å². The Balaban J connectivity index is 1.20. The molecule has 1 heterocycles. The van der Waals surface area contributed by atoms with Gasteiger partial charge >= 0.3 is 0 Å². The van der Waals surface area contributed by atoms with Crippen molar-refractivity contribution >= 4 is 28.3 Å². The van der Waals surface area contributed by atoms with Crippen LogP contribution < -0.4 is 5.43 Å². The van der Waals surface area contributed by atoms with Crippen molar-refractivity contribution in [1.29, 1.82) is 5.41 Å². The van der Waals surface area contributed by atoms with Crippen LogP contribution in [0.5, 0.6) is 0 Å². The standard InChI is InChI=1S/C53H38N4/c54-52-36-48(47-31-43(37-13-5-1-6-14-37)29-44(32-47)38-15-7-2-8-16-38)35-51(53(52)57-56-50-23-21-41(22-24-50)42-25-27-55-28-26-42)49-33-45(39-17-9-3-10-18-39)30-46(34-49)40-19-11-4-12-20-40/h1-36,54,56H/b54-52?,57-53-. The van der Waals surface area contributed by atoms with Crippen LogP contribution >= 0.6 is 0 Å². The smallest absolute Gasteiger partial charge is 0.116 e. The topological polar surface area (TPSA) is 61.1 Å². The van der Waals surface area contributed by atoms with Gasteiger partial charge in [0.15, 0.2) is 0 Å². The molecule has 0 aliphatic heterocycles. The molecule has 1 aromatic heterocycles. The maximum atomic E-state index is 9.59. The summed E-state index contributed by atoms with van der Waals surface area (Å²) in [7, 11) is 0. The van der Waals surface area contributed by atoms with Gasteiger partial charge in [-0.15, -0.1) is 0 Å². The Labute approximate surface area is 333 Å². The zero-order valence-electron chi connectivity index (χ0n) is 31.2. The van der Waals surface area contributed by atoms with Crippen molar-refractivity contribution in [2.75, 3.05) is 5.43 Å². The average Bonchev–Trinajstić information content (AvgIpc) is 3.29. The Morgan fingerprint density at radius 2 is 0.754 bits per heavy atom. The summed E-state index contributed by atoms with van der Waals surface area (Å²) in [5.41, 5.74) is 19.9. The first-order valence-corrected chi connectivity index (χ1v) is 19.0. The molecule has 8 aromatic rings. The molecule has 4 heteroatoms. The van der Waals surface area contributed by atoms with Crippen LogP contribution in [-0.2, 0) is 0 Å². The maximum absolute atomic E-state index is 9.59. The van der Waals surface area contributed by atoms with Crippen LogP contribution in [0.3, 0.4) is 0 Å².